The van der Waals surface area contributed by atoms with Crippen molar-refractivity contribution in [3.05, 3.63) is 35.4 Å². The largest absolute Gasteiger partial charge is 0.286 e. The molecule has 2 unspecified atom stereocenters. The molecule has 0 radical (unpaired) electrons. The fourth-order valence-corrected chi connectivity index (χ4v) is 4.29. The van der Waals surface area contributed by atoms with Crippen LogP contribution in [0.1, 0.15) is 61.7 Å². The van der Waals surface area contributed by atoms with E-state index in [0.29, 0.717) is 0 Å². The number of benzene rings is 1. The van der Waals surface area contributed by atoms with E-state index in [2.05, 4.69) is 29.2 Å². The molecule has 2 bridgehead atoms. The maximum absolute atomic E-state index is 2.86. The molecule has 1 aromatic rings. The van der Waals surface area contributed by atoms with Gasteiger partial charge in [-0.15, -0.1) is 0 Å². The Morgan fingerprint density at radius 3 is 1.94 bits per heavy atom. The van der Waals surface area contributed by atoms with Crippen molar-refractivity contribution in [1.82, 2.24) is 4.90 Å². The first-order chi connectivity index (χ1) is 7.95. The highest BCUT2D eigenvalue weighted by atomic mass is 15.3. The first-order valence-corrected chi connectivity index (χ1v) is 6.81. The van der Waals surface area contributed by atoms with Crippen LogP contribution in [0.4, 0.5) is 0 Å². The highest BCUT2D eigenvalue weighted by Gasteiger charge is 2.46. The van der Waals surface area contributed by atoms with Crippen LogP contribution in [0.25, 0.3) is 0 Å². The zero-order chi connectivity index (χ0) is 10.5. The van der Waals surface area contributed by atoms with E-state index in [-0.39, 0.29) is 0 Å². The Bertz CT molecular complexity index is 375. The van der Waals surface area contributed by atoms with E-state index in [4.69, 9.17) is 0 Å². The van der Waals surface area contributed by atoms with Gasteiger partial charge < -0.3 is 0 Å². The monoisotopic (exact) mass is 213 g/mol. The summed E-state index contributed by atoms with van der Waals surface area (Å²) in [4.78, 5) is 2.86. The molecule has 4 rings (SSSR count). The summed E-state index contributed by atoms with van der Waals surface area (Å²) in [5, 5.41) is 0. The minimum absolute atomic E-state index is 0.768. The van der Waals surface area contributed by atoms with Crippen molar-refractivity contribution < 1.29 is 0 Å². The number of rotatable bonds is 1. The molecule has 0 N–H and O–H groups in total. The van der Waals surface area contributed by atoms with E-state index in [9.17, 15) is 0 Å². The summed E-state index contributed by atoms with van der Waals surface area (Å²) in [5.41, 5.74) is 3.29. The Balaban J connectivity index is 1.74. The molecule has 1 saturated heterocycles. The number of nitrogens with zero attached hydrogens (tertiary/aromatic N) is 1. The molecule has 1 heteroatoms. The molecule has 1 nitrogen and oxygen atoms in total. The van der Waals surface area contributed by atoms with E-state index < -0.39 is 0 Å². The quantitative estimate of drug-likeness (QED) is 0.685. The smallest absolute Gasteiger partial charge is 0.0361 e. The molecule has 2 heterocycles. The van der Waals surface area contributed by atoms with Gasteiger partial charge in [0, 0.05) is 18.1 Å². The molecule has 16 heavy (non-hydrogen) atoms. The first-order valence-electron chi connectivity index (χ1n) is 6.81. The third-order valence-corrected chi connectivity index (χ3v) is 4.89. The van der Waals surface area contributed by atoms with Gasteiger partial charge >= 0.3 is 0 Å². The molecular formula is C15H19N. The molecule has 3 aliphatic rings. The maximum atomic E-state index is 2.86. The summed E-state index contributed by atoms with van der Waals surface area (Å²) in [6.45, 7) is 0. The van der Waals surface area contributed by atoms with Crippen LogP contribution in [-0.2, 0) is 0 Å². The molecule has 0 spiro atoms. The lowest BCUT2D eigenvalue weighted by Gasteiger charge is -2.29. The van der Waals surface area contributed by atoms with Crippen LogP contribution < -0.4 is 0 Å². The fourth-order valence-electron chi connectivity index (χ4n) is 4.29. The Morgan fingerprint density at radius 1 is 0.812 bits per heavy atom. The third-order valence-electron chi connectivity index (χ3n) is 4.89. The van der Waals surface area contributed by atoms with Gasteiger partial charge in [-0.25, -0.2) is 0 Å². The van der Waals surface area contributed by atoms with Gasteiger partial charge in [-0.05, 0) is 36.8 Å². The molecule has 0 amide bonds. The Morgan fingerprint density at radius 2 is 1.38 bits per heavy atom. The molecule has 2 fully saturated rings. The summed E-state index contributed by atoms with van der Waals surface area (Å²) in [6.07, 6.45) is 8.60. The van der Waals surface area contributed by atoms with E-state index in [1.54, 1.807) is 11.1 Å². The van der Waals surface area contributed by atoms with Crippen LogP contribution in [0, 0.1) is 0 Å². The lowest BCUT2D eigenvalue weighted by Crippen LogP contribution is -2.30. The van der Waals surface area contributed by atoms with Gasteiger partial charge in [0.15, 0.2) is 0 Å². The SMILES string of the molecule is c1ccc2c(c1)C1CCC2N1C1CCCC1. The molecule has 0 aromatic heterocycles. The molecule has 2 aliphatic heterocycles. The van der Waals surface area contributed by atoms with Crippen molar-refractivity contribution in [2.24, 2.45) is 0 Å². The van der Waals surface area contributed by atoms with Crippen LogP contribution in [-0.4, -0.2) is 10.9 Å². The second-order valence-corrected chi connectivity index (χ2v) is 5.62. The van der Waals surface area contributed by atoms with Crippen molar-refractivity contribution in [3.63, 3.8) is 0 Å². The normalized spacial score (nSPS) is 33.5. The zero-order valence-electron chi connectivity index (χ0n) is 9.73. The molecule has 2 atom stereocenters. The van der Waals surface area contributed by atoms with E-state index in [0.717, 1.165) is 18.1 Å². The topological polar surface area (TPSA) is 3.24 Å². The predicted octanol–water partition coefficient (Wildman–Crippen LogP) is 3.82. The summed E-state index contributed by atoms with van der Waals surface area (Å²) < 4.78 is 0. The highest BCUT2D eigenvalue weighted by molar-refractivity contribution is 5.40. The van der Waals surface area contributed by atoms with Crippen LogP contribution in [0.15, 0.2) is 24.3 Å². The number of hydrogen-bond acceptors (Lipinski definition) is 1. The van der Waals surface area contributed by atoms with E-state index in [1.807, 2.05) is 0 Å². The molecule has 1 saturated carbocycles. The van der Waals surface area contributed by atoms with Crippen LogP contribution in [0.2, 0.25) is 0 Å². The van der Waals surface area contributed by atoms with Gasteiger partial charge in [0.05, 0.1) is 0 Å². The van der Waals surface area contributed by atoms with Crippen molar-refractivity contribution in [2.45, 2.75) is 56.7 Å². The van der Waals surface area contributed by atoms with Gasteiger partial charge in [-0.3, -0.25) is 4.90 Å². The maximum Gasteiger partial charge on any atom is 0.0361 e. The lowest BCUT2D eigenvalue weighted by molar-refractivity contribution is 0.153. The van der Waals surface area contributed by atoms with Gasteiger partial charge in [0.2, 0.25) is 0 Å². The van der Waals surface area contributed by atoms with Crippen molar-refractivity contribution >= 4 is 0 Å². The van der Waals surface area contributed by atoms with Gasteiger partial charge in [0.25, 0.3) is 0 Å². The molecule has 84 valence electrons. The summed E-state index contributed by atoms with van der Waals surface area (Å²) in [7, 11) is 0. The molecule has 1 aromatic carbocycles. The summed E-state index contributed by atoms with van der Waals surface area (Å²) >= 11 is 0. The fraction of sp³-hybridized carbons (Fsp3) is 0.600. The lowest BCUT2D eigenvalue weighted by atomic mass is 9.92. The molecule has 1 aliphatic carbocycles. The minimum atomic E-state index is 0.768. The Hall–Kier alpha value is -0.820. The van der Waals surface area contributed by atoms with Crippen molar-refractivity contribution in [3.8, 4) is 0 Å². The third kappa shape index (κ3) is 1.10. The van der Waals surface area contributed by atoms with Crippen molar-refractivity contribution in [2.75, 3.05) is 0 Å². The Kier molecular flexibility index (Phi) is 1.92. The second-order valence-electron chi connectivity index (χ2n) is 5.62. The standard InChI is InChI=1S/C15H19N/c1-2-6-11(5-1)16-14-9-10-15(16)13-8-4-3-7-12(13)14/h3-4,7-8,11,14-15H,1-2,5-6,9-10H2. The second kappa shape index (κ2) is 3.33. The first kappa shape index (κ1) is 9.23. The summed E-state index contributed by atoms with van der Waals surface area (Å²) in [6, 6.07) is 11.6. The van der Waals surface area contributed by atoms with Gasteiger partial charge in [-0.2, -0.15) is 0 Å². The average Bonchev–Trinajstić information content (AvgIpc) is 3.03. The van der Waals surface area contributed by atoms with Crippen LogP contribution in [0.3, 0.4) is 0 Å². The number of hydrogen-bond donors (Lipinski definition) is 0. The molecular weight excluding hydrogens is 194 g/mol. The Labute approximate surface area is 97.5 Å². The van der Waals surface area contributed by atoms with Gasteiger partial charge in [0.1, 0.15) is 0 Å². The van der Waals surface area contributed by atoms with E-state index >= 15 is 0 Å². The van der Waals surface area contributed by atoms with Crippen molar-refractivity contribution in [1.29, 1.82) is 0 Å². The number of fused-ring (bicyclic) bond motifs is 5. The van der Waals surface area contributed by atoms with Gasteiger partial charge in [-0.1, -0.05) is 37.1 Å². The minimum Gasteiger partial charge on any atom is -0.286 e. The highest BCUT2D eigenvalue weighted by Crippen LogP contribution is 2.55. The summed E-state index contributed by atoms with van der Waals surface area (Å²) in [5.74, 6) is 0. The average molecular weight is 213 g/mol. The predicted molar refractivity (Wildman–Crippen MR) is 65.3 cm³/mol. The van der Waals surface area contributed by atoms with E-state index in [1.165, 1.54) is 38.5 Å². The zero-order valence-corrected chi connectivity index (χ0v) is 9.73. The van der Waals surface area contributed by atoms with Crippen LogP contribution >= 0.6 is 0 Å². The van der Waals surface area contributed by atoms with Crippen LogP contribution in [0.5, 0.6) is 0 Å².